The van der Waals surface area contributed by atoms with Gasteiger partial charge in [-0.1, -0.05) is 18.2 Å². The Hall–Kier alpha value is -14.0. The summed E-state index contributed by atoms with van der Waals surface area (Å²) in [6.07, 6.45) is 23.4. The summed E-state index contributed by atoms with van der Waals surface area (Å²) in [7, 11) is 0. The standard InChI is InChI=1S/C9H7N3O3.C9H5N3O2.4C9H8N2O2.C7H5N3O2/c10-8(13)5-1-2-7-11-6(9(14)15)4-12(7)3-5;10-4-6-2-1-3-12-5-7(9(13)14)11-8(6)12;1-6-2-3-11-5-7(9(12)13)10-8(11)4-6;1-6-2-3-8-10-7(9(12)13)5-11(8)4-6;1-6-3-2-4-11-5-7(9(12)13)10-8(6)11;1-6-3-2-4-8-10-7(9(12)13)5-11(6)8;11-7(12)5-4-10-2-1-8-3-6(10)9-5/h1-4H,(H2,10,13)(H,14,15);1-3,5H,(H,13,14);4*2-5H,1H3,(H,12,13);1-4H,(H,11,12). The highest BCUT2D eigenvalue weighted by atomic mass is 16.4. The third-order valence-electron chi connectivity index (χ3n) is 12.7. The van der Waals surface area contributed by atoms with Crippen molar-refractivity contribution in [3.8, 4) is 6.07 Å². The lowest BCUT2D eigenvalue weighted by atomic mass is 10.3. The summed E-state index contributed by atoms with van der Waals surface area (Å²) in [6, 6.07) is 25.0. The lowest BCUT2D eigenvalue weighted by molar-refractivity contribution is 0.0680. The molecule has 0 fully saturated rings. The molecular formula is C61H49N17O15. The van der Waals surface area contributed by atoms with Crippen molar-refractivity contribution in [3.05, 3.63) is 245 Å². The number of hydrogen-bond acceptors (Lipinski definition) is 17. The van der Waals surface area contributed by atoms with Crippen molar-refractivity contribution < 1.29 is 74.1 Å². The van der Waals surface area contributed by atoms with Crippen LogP contribution in [0.15, 0.2) is 172 Å². The van der Waals surface area contributed by atoms with E-state index in [4.69, 9.17) is 46.7 Å². The maximum Gasteiger partial charge on any atom is 0.356 e. The van der Waals surface area contributed by atoms with Crippen LogP contribution in [0.3, 0.4) is 0 Å². The Morgan fingerprint density at radius 2 is 0.871 bits per heavy atom. The van der Waals surface area contributed by atoms with Crippen LogP contribution in [0.25, 0.3) is 39.5 Å². The molecule has 0 atom stereocenters. The zero-order valence-corrected chi connectivity index (χ0v) is 48.8. The number of carbonyl (C=O) groups excluding carboxylic acids is 1. The van der Waals surface area contributed by atoms with E-state index in [1.165, 1.54) is 76.7 Å². The first-order chi connectivity index (χ1) is 44.3. The number of nitrogens with two attached hydrogens (primary N) is 1. The first-order valence-corrected chi connectivity index (χ1v) is 26.6. The number of aromatic nitrogens is 15. The maximum absolute atomic E-state index is 10.9. The normalized spacial score (nSPS) is 10.4. The van der Waals surface area contributed by atoms with Crippen molar-refractivity contribution in [2.75, 3.05) is 0 Å². The molecule has 1 amide bonds. The third kappa shape index (κ3) is 16.0. The summed E-state index contributed by atoms with van der Waals surface area (Å²) in [4.78, 5) is 116. The number of fused-ring (bicyclic) bond motifs is 7. The van der Waals surface area contributed by atoms with Gasteiger partial charge in [-0.2, -0.15) is 5.26 Å². The van der Waals surface area contributed by atoms with Crippen LogP contribution in [-0.2, 0) is 0 Å². The molecule has 0 saturated heterocycles. The fraction of sp³-hybridized carbons (Fsp3) is 0.0656. The largest absolute Gasteiger partial charge is 0.476 e. The van der Waals surface area contributed by atoms with Crippen molar-refractivity contribution in [1.82, 2.24) is 70.7 Å². The minimum absolute atomic E-state index is 0.0306. The highest BCUT2D eigenvalue weighted by molar-refractivity contribution is 5.93. The molecule has 14 aromatic heterocycles. The van der Waals surface area contributed by atoms with Crippen molar-refractivity contribution in [1.29, 1.82) is 5.26 Å². The maximum atomic E-state index is 10.9. The van der Waals surface area contributed by atoms with Crippen LogP contribution in [0, 0.1) is 39.0 Å². The average Bonchev–Trinajstić information content (AvgIpc) is 1.97. The predicted octanol–water partition coefficient (Wildman–Crippen LogP) is 6.83. The lowest BCUT2D eigenvalue weighted by Gasteiger charge is -1.95. The molecule has 468 valence electrons. The minimum atomic E-state index is -1.11. The Morgan fingerprint density at radius 3 is 1.41 bits per heavy atom. The van der Waals surface area contributed by atoms with Crippen LogP contribution in [0.4, 0.5) is 0 Å². The predicted molar refractivity (Wildman–Crippen MR) is 325 cm³/mol. The average molecular weight is 1260 g/mol. The molecule has 0 aromatic carbocycles. The van der Waals surface area contributed by atoms with Gasteiger partial charge in [0.1, 0.15) is 34.3 Å². The molecule has 14 rings (SSSR count). The highest BCUT2D eigenvalue weighted by Gasteiger charge is 2.15. The minimum Gasteiger partial charge on any atom is -0.476 e. The van der Waals surface area contributed by atoms with Crippen molar-refractivity contribution in [3.63, 3.8) is 0 Å². The number of nitriles is 1. The molecule has 14 aromatic rings. The first-order valence-electron chi connectivity index (χ1n) is 26.6. The number of carboxylic acids is 7. The quantitative estimate of drug-likeness (QED) is 0.0772. The van der Waals surface area contributed by atoms with Crippen LogP contribution in [0.2, 0.25) is 0 Å². The molecule has 14 heterocycles. The van der Waals surface area contributed by atoms with Gasteiger partial charge in [0.2, 0.25) is 5.91 Å². The molecule has 0 aliphatic heterocycles. The molecule has 0 saturated carbocycles. The highest BCUT2D eigenvalue weighted by Crippen LogP contribution is 2.14. The SMILES string of the molecule is Cc1ccc2nc(C(=O)O)cn2c1.Cc1cccc2nc(C(=O)O)cn12.Cc1cccn2cc(C(=O)O)nc12.Cc1ccn2cc(C(=O)O)nc2c1.N#Cc1cccn2cc(C(=O)O)nc12.NC(=O)c1ccc2nc(C(=O)O)cn2c1.O=C(O)c1cn2ccncc2n1. The second-order valence-corrected chi connectivity index (χ2v) is 19.4. The molecule has 32 nitrogen and oxygen atoms in total. The van der Waals surface area contributed by atoms with E-state index in [0.29, 0.717) is 50.7 Å². The molecule has 0 aliphatic carbocycles. The van der Waals surface area contributed by atoms with Crippen LogP contribution in [0.1, 0.15) is 112 Å². The van der Waals surface area contributed by atoms with E-state index < -0.39 is 47.7 Å². The lowest BCUT2D eigenvalue weighted by Crippen LogP contribution is -2.11. The van der Waals surface area contributed by atoms with Crippen LogP contribution in [-0.4, -0.2) is 154 Å². The number of aryl methyl sites for hydroxylation is 4. The number of rotatable bonds is 8. The van der Waals surface area contributed by atoms with E-state index in [1.54, 1.807) is 77.3 Å². The summed E-state index contributed by atoms with van der Waals surface area (Å²) in [6.45, 7) is 7.68. The van der Waals surface area contributed by atoms with Gasteiger partial charge in [-0.25, -0.2) is 68.4 Å². The van der Waals surface area contributed by atoms with E-state index >= 15 is 0 Å². The van der Waals surface area contributed by atoms with E-state index in [-0.39, 0.29) is 39.9 Å². The summed E-state index contributed by atoms with van der Waals surface area (Å²) in [5.41, 5.74) is 14.1. The number of aromatic carboxylic acids is 7. The van der Waals surface area contributed by atoms with Crippen LogP contribution < -0.4 is 5.73 Å². The number of amides is 1. The van der Waals surface area contributed by atoms with Crippen molar-refractivity contribution in [2.24, 2.45) is 5.73 Å². The number of primary amides is 1. The number of carbonyl (C=O) groups is 8. The Balaban J connectivity index is 0.000000139. The molecule has 93 heavy (non-hydrogen) atoms. The van der Waals surface area contributed by atoms with Gasteiger partial charge in [-0.05, 0) is 105 Å². The Kier molecular flexibility index (Phi) is 19.7. The van der Waals surface area contributed by atoms with Gasteiger partial charge in [0.15, 0.2) is 51.2 Å². The molecule has 0 spiro atoms. The molecule has 9 N–H and O–H groups in total. The summed E-state index contributed by atoms with van der Waals surface area (Å²) in [5.74, 6) is -7.80. The first kappa shape index (κ1) is 65.0. The van der Waals surface area contributed by atoms with Gasteiger partial charge in [0, 0.05) is 92.4 Å². The van der Waals surface area contributed by atoms with Crippen LogP contribution in [0.5, 0.6) is 0 Å². The number of nitrogens with zero attached hydrogens (tertiary/aromatic N) is 16. The fourth-order valence-electron chi connectivity index (χ4n) is 8.29. The van der Waals surface area contributed by atoms with E-state index in [0.717, 1.165) is 22.4 Å². The van der Waals surface area contributed by atoms with Gasteiger partial charge in [0.25, 0.3) is 0 Å². The molecule has 0 radical (unpaired) electrons. The van der Waals surface area contributed by atoms with Crippen molar-refractivity contribution >= 4 is 87.2 Å². The molecule has 0 unspecified atom stereocenters. The second-order valence-electron chi connectivity index (χ2n) is 19.4. The second kappa shape index (κ2) is 28.2. The molecule has 0 aliphatic rings. The number of imidazole rings is 7. The van der Waals surface area contributed by atoms with E-state index in [9.17, 15) is 38.4 Å². The topological polar surface area (TPSA) is 462 Å². The van der Waals surface area contributed by atoms with E-state index in [2.05, 4.69) is 39.9 Å². The zero-order valence-electron chi connectivity index (χ0n) is 48.8. The number of hydrogen-bond donors (Lipinski definition) is 8. The van der Waals surface area contributed by atoms with Gasteiger partial charge in [-0.15, -0.1) is 0 Å². The molecule has 32 heteroatoms. The summed E-state index contributed by atoms with van der Waals surface area (Å²) in [5, 5.41) is 69.5. The summed E-state index contributed by atoms with van der Waals surface area (Å²) < 4.78 is 11.4. The van der Waals surface area contributed by atoms with Gasteiger partial charge >= 0.3 is 41.8 Å². The Labute approximate surface area is 520 Å². The summed E-state index contributed by atoms with van der Waals surface area (Å²) >= 11 is 0. The number of carboxylic acid groups (broad SMARTS) is 7. The smallest absolute Gasteiger partial charge is 0.356 e. The molecule has 0 bridgehead atoms. The number of pyridine rings is 6. The van der Waals surface area contributed by atoms with E-state index in [1.807, 2.05) is 82.4 Å². The monoisotopic (exact) mass is 1260 g/mol. The Morgan fingerprint density at radius 1 is 0.409 bits per heavy atom. The van der Waals surface area contributed by atoms with Crippen LogP contribution >= 0.6 is 0 Å². The van der Waals surface area contributed by atoms with Gasteiger partial charge < -0.3 is 72.3 Å². The zero-order chi connectivity index (χ0) is 67.4. The Bertz CT molecular complexity index is 5030. The van der Waals surface area contributed by atoms with Crippen molar-refractivity contribution in [2.45, 2.75) is 27.7 Å². The van der Waals surface area contributed by atoms with Gasteiger partial charge in [-0.3, -0.25) is 9.78 Å². The third-order valence-corrected chi connectivity index (χ3v) is 12.7. The van der Waals surface area contributed by atoms with Gasteiger partial charge in [0.05, 0.1) is 17.3 Å². The fourth-order valence-corrected chi connectivity index (χ4v) is 8.29. The molecular weight excluding hydrogens is 1210 g/mol.